The molecule has 28 heavy (non-hydrogen) atoms. The molecule has 4 nitrogen and oxygen atoms in total. The van der Waals surface area contributed by atoms with Gasteiger partial charge in [-0.1, -0.05) is 50.3 Å². The van der Waals surface area contributed by atoms with E-state index in [4.69, 9.17) is 10.7 Å². The van der Waals surface area contributed by atoms with Gasteiger partial charge in [0.15, 0.2) is 0 Å². The van der Waals surface area contributed by atoms with Crippen LogP contribution >= 0.6 is 11.8 Å². The standard InChI is InChI=1S/C23H30N4S/c1-6-16(4)18(9-7-8-15(2)3)21-22(27-13-12-25-23(27)26-21)17-10-11-20(28-5)19(24)14-17/h7-11,14,16H,2,6,12-13,24H2,1,3-5H3,(H,25,26)/b8-7-,18-9+. The summed E-state index contributed by atoms with van der Waals surface area (Å²) in [6.07, 6.45) is 9.40. The first kappa shape index (κ1) is 20.3. The summed E-state index contributed by atoms with van der Waals surface area (Å²) in [6, 6.07) is 6.34. The molecule has 2 aromatic rings. The Morgan fingerprint density at radius 3 is 2.89 bits per heavy atom. The Kier molecular flexibility index (Phi) is 6.35. The normalized spacial score (nSPS) is 14.9. The van der Waals surface area contributed by atoms with Gasteiger partial charge in [0.2, 0.25) is 5.95 Å². The number of imidazole rings is 1. The van der Waals surface area contributed by atoms with Gasteiger partial charge in [-0.05, 0) is 43.2 Å². The van der Waals surface area contributed by atoms with Gasteiger partial charge in [0.1, 0.15) is 0 Å². The number of nitrogens with zero attached hydrogens (tertiary/aromatic N) is 2. The molecular formula is C23H30N4S. The molecule has 0 spiro atoms. The lowest BCUT2D eigenvalue weighted by atomic mass is 9.92. The molecule has 1 aliphatic rings. The highest BCUT2D eigenvalue weighted by Crippen LogP contribution is 2.39. The highest BCUT2D eigenvalue weighted by Gasteiger charge is 2.26. The smallest absolute Gasteiger partial charge is 0.204 e. The zero-order valence-electron chi connectivity index (χ0n) is 17.2. The topological polar surface area (TPSA) is 55.9 Å². The second-order valence-corrected chi connectivity index (χ2v) is 8.15. The minimum absolute atomic E-state index is 0.395. The molecule has 1 unspecified atom stereocenters. The number of anilines is 2. The van der Waals surface area contributed by atoms with Crippen molar-refractivity contribution in [3.63, 3.8) is 0 Å². The molecule has 0 aliphatic carbocycles. The molecule has 0 saturated heterocycles. The Hall–Kier alpha value is -2.40. The summed E-state index contributed by atoms with van der Waals surface area (Å²) < 4.78 is 2.28. The fourth-order valence-corrected chi connectivity index (χ4v) is 3.97. The van der Waals surface area contributed by atoms with Crippen LogP contribution in [-0.2, 0) is 6.54 Å². The van der Waals surface area contributed by atoms with Crippen molar-refractivity contribution in [1.82, 2.24) is 9.55 Å². The van der Waals surface area contributed by atoms with Crippen LogP contribution < -0.4 is 11.1 Å². The lowest BCUT2D eigenvalue weighted by Crippen LogP contribution is -2.04. The molecule has 5 heteroatoms. The van der Waals surface area contributed by atoms with Crippen LogP contribution in [0.15, 0.2) is 53.5 Å². The maximum atomic E-state index is 6.31. The molecule has 1 aromatic heterocycles. The largest absolute Gasteiger partial charge is 0.398 e. The van der Waals surface area contributed by atoms with Gasteiger partial charge in [0.05, 0.1) is 11.4 Å². The van der Waals surface area contributed by atoms with Gasteiger partial charge in [-0.3, -0.25) is 0 Å². The minimum Gasteiger partial charge on any atom is -0.398 e. The van der Waals surface area contributed by atoms with Crippen LogP contribution in [0.25, 0.3) is 16.8 Å². The van der Waals surface area contributed by atoms with Gasteiger partial charge < -0.3 is 15.6 Å². The summed E-state index contributed by atoms with van der Waals surface area (Å²) in [6.45, 7) is 12.3. The average molecular weight is 395 g/mol. The van der Waals surface area contributed by atoms with Gasteiger partial charge in [0.25, 0.3) is 0 Å². The van der Waals surface area contributed by atoms with E-state index in [0.29, 0.717) is 5.92 Å². The number of thioether (sulfide) groups is 1. The van der Waals surface area contributed by atoms with Crippen LogP contribution in [0, 0.1) is 5.92 Å². The molecule has 2 heterocycles. The Labute approximate surface area is 172 Å². The summed E-state index contributed by atoms with van der Waals surface area (Å²) in [7, 11) is 0. The highest BCUT2D eigenvalue weighted by atomic mass is 32.2. The third-order valence-electron chi connectivity index (χ3n) is 5.16. The molecule has 0 bridgehead atoms. The Balaban J connectivity index is 2.18. The number of aromatic nitrogens is 2. The van der Waals surface area contributed by atoms with Crippen LogP contribution in [0.1, 0.15) is 32.9 Å². The van der Waals surface area contributed by atoms with Crippen molar-refractivity contribution in [3.05, 3.63) is 54.3 Å². The van der Waals surface area contributed by atoms with E-state index in [1.165, 1.54) is 5.57 Å². The summed E-state index contributed by atoms with van der Waals surface area (Å²) in [4.78, 5) is 6.09. The van der Waals surface area contributed by atoms with Crippen molar-refractivity contribution in [3.8, 4) is 11.3 Å². The SMILES string of the molecule is C=C(C)/C=C\C=C(\c1nc2n(c1-c1ccc(SC)c(N)c1)CCN2)C(C)CC. The summed E-state index contributed by atoms with van der Waals surface area (Å²) in [5, 5.41) is 3.41. The molecule has 3 N–H and O–H groups in total. The van der Waals surface area contributed by atoms with Crippen molar-refractivity contribution < 1.29 is 0 Å². The van der Waals surface area contributed by atoms with Crippen LogP contribution in [0.3, 0.4) is 0 Å². The van der Waals surface area contributed by atoms with Crippen molar-refractivity contribution in [1.29, 1.82) is 0 Å². The zero-order chi connectivity index (χ0) is 20.3. The first-order chi connectivity index (χ1) is 13.5. The molecule has 1 aliphatic heterocycles. The zero-order valence-corrected chi connectivity index (χ0v) is 18.1. The average Bonchev–Trinajstić information content (AvgIpc) is 3.25. The second kappa shape index (κ2) is 8.74. The van der Waals surface area contributed by atoms with E-state index >= 15 is 0 Å². The number of nitrogen functional groups attached to an aromatic ring is 1. The van der Waals surface area contributed by atoms with Gasteiger partial charge >= 0.3 is 0 Å². The predicted octanol–water partition coefficient (Wildman–Crippen LogP) is 5.84. The third-order valence-corrected chi connectivity index (χ3v) is 5.97. The predicted molar refractivity (Wildman–Crippen MR) is 124 cm³/mol. The summed E-state index contributed by atoms with van der Waals surface area (Å²) >= 11 is 1.67. The van der Waals surface area contributed by atoms with E-state index in [1.54, 1.807) is 11.8 Å². The highest BCUT2D eigenvalue weighted by molar-refractivity contribution is 7.98. The fraction of sp³-hybridized carbons (Fsp3) is 0.348. The van der Waals surface area contributed by atoms with E-state index < -0.39 is 0 Å². The van der Waals surface area contributed by atoms with Crippen molar-refractivity contribution in [2.24, 2.45) is 5.92 Å². The van der Waals surface area contributed by atoms with Crippen molar-refractivity contribution in [2.45, 2.75) is 38.6 Å². The monoisotopic (exact) mass is 394 g/mol. The van der Waals surface area contributed by atoms with Gasteiger partial charge in [-0.25, -0.2) is 4.98 Å². The summed E-state index contributed by atoms with van der Waals surface area (Å²) in [5.74, 6) is 1.34. The maximum Gasteiger partial charge on any atom is 0.204 e. The number of nitrogens with two attached hydrogens (primary N) is 1. The van der Waals surface area contributed by atoms with Crippen LogP contribution in [0.4, 0.5) is 11.6 Å². The molecular weight excluding hydrogens is 364 g/mol. The first-order valence-corrected chi connectivity index (χ1v) is 11.0. The molecule has 0 saturated carbocycles. The van der Waals surface area contributed by atoms with E-state index in [9.17, 15) is 0 Å². The van der Waals surface area contributed by atoms with E-state index in [-0.39, 0.29) is 0 Å². The third kappa shape index (κ3) is 4.04. The second-order valence-electron chi connectivity index (χ2n) is 7.30. The number of hydrogen-bond acceptors (Lipinski definition) is 4. The Morgan fingerprint density at radius 2 is 2.25 bits per heavy atom. The van der Waals surface area contributed by atoms with Gasteiger partial charge in [0, 0.05) is 29.2 Å². The molecule has 0 fully saturated rings. The molecule has 0 amide bonds. The van der Waals surface area contributed by atoms with E-state index in [0.717, 1.165) is 58.6 Å². The van der Waals surface area contributed by atoms with Crippen molar-refractivity contribution >= 4 is 29.0 Å². The number of benzene rings is 1. The molecule has 1 atom stereocenters. The van der Waals surface area contributed by atoms with Gasteiger partial charge in [-0.15, -0.1) is 11.8 Å². The van der Waals surface area contributed by atoms with Crippen LogP contribution in [0.5, 0.6) is 0 Å². The number of rotatable bonds is 7. The molecule has 0 radical (unpaired) electrons. The number of fused-ring (bicyclic) bond motifs is 1. The van der Waals surface area contributed by atoms with E-state index in [1.807, 2.05) is 13.0 Å². The van der Waals surface area contributed by atoms with Crippen LogP contribution in [0.2, 0.25) is 0 Å². The van der Waals surface area contributed by atoms with Crippen LogP contribution in [-0.4, -0.2) is 22.4 Å². The maximum absolute atomic E-state index is 6.31. The minimum atomic E-state index is 0.395. The first-order valence-electron chi connectivity index (χ1n) is 9.78. The molecule has 148 valence electrons. The number of hydrogen-bond donors (Lipinski definition) is 2. The molecule has 1 aromatic carbocycles. The Bertz CT molecular complexity index is 936. The number of nitrogens with one attached hydrogen (secondary N) is 1. The quantitative estimate of drug-likeness (QED) is 0.352. The van der Waals surface area contributed by atoms with E-state index in [2.05, 4.69) is 66.9 Å². The number of allylic oxidation sites excluding steroid dienone is 5. The lowest BCUT2D eigenvalue weighted by Gasteiger charge is -2.16. The fourth-order valence-electron chi connectivity index (χ4n) is 3.47. The summed E-state index contributed by atoms with van der Waals surface area (Å²) in [5.41, 5.74) is 12.7. The Morgan fingerprint density at radius 1 is 1.46 bits per heavy atom. The molecule has 3 rings (SSSR count). The van der Waals surface area contributed by atoms with Crippen molar-refractivity contribution in [2.75, 3.05) is 23.9 Å². The van der Waals surface area contributed by atoms with Gasteiger partial charge in [-0.2, -0.15) is 0 Å². The lowest BCUT2D eigenvalue weighted by molar-refractivity contribution is 0.714.